The molecule has 0 heterocycles. The van der Waals surface area contributed by atoms with Crippen molar-refractivity contribution < 1.29 is 13.2 Å². The monoisotopic (exact) mass is 336 g/mol. The lowest BCUT2D eigenvalue weighted by Gasteiger charge is -2.24. The van der Waals surface area contributed by atoms with Gasteiger partial charge in [0.25, 0.3) is 5.91 Å². The molecule has 1 N–H and O–H groups in total. The molecule has 2 saturated carbocycles. The molecule has 6 heteroatoms. The number of hydrogen-bond acceptors (Lipinski definition) is 3. The van der Waals surface area contributed by atoms with Crippen LogP contribution in [0, 0.1) is 18.8 Å². The zero-order valence-corrected chi connectivity index (χ0v) is 14.7. The molecule has 2 bridgehead atoms. The van der Waals surface area contributed by atoms with Gasteiger partial charge in [0.15, 0.2) is 0 Å². The van der Waals surface area contributed by atoms with E-state index in [1.54, 1.807) is 25.1 Å². The number of hydrogen-bond donors (Lipinski definition) is 1. The third kappa shape index (κ3) is 3.09. The molecular weight excluding hydrogens is 312 g/mol. The number of nitrogens with zero attached hydrogens (tertiary/aromatic N) is 1. The first-order chi connectivity index (χ1) is 10.8. The average molecular weight is 336 g/mol. The van der Waals surface area contributed by atoms with Crippen LogP contribution in [0.15, 0.2) is 18.2 Å². The van der Waals surface area contributed by atoms with Crippen LogP contribution >= 0.6 is 0 Å². The molecule has 0 saturated heterocycles. The standard InChI is InChI=1S/C17H24N2O3S/c1-11-14(5-4-6-16(11)19(2)23(3,21)22)17(20)18-15-10-12-7-8-13(15)9-12/h4-6,12-13,15H,7-10H2,1-3H3,(H,18,20)/t12-,13-,15+/m0/s1. The topological polar surface area (TPSA) is 66.5 Å². The number of rotatable bonds is 4. The van der Waals surface area contributed by atoms with Crippen molar-refractivity contribution in [2.24, 2.45) is 11.8 Å². The Morgan fingerprint density at radius 2 is 2.00 bits per heavy atom. The molecule has 2 fully saturated rings. The van der Waals surface area contributed by atoms with E-state index >= 15 is 0 Å². The Hall–Kier alpha value is -1.56. The highest BCUT2D eigenvalue weighted by molar-refractivity contribution is 7.92. The fourth-order valence-electron chi connectivity index (χ4n) is 4.06. The van der Waals surface area contributed by atoms with Gasteiger partial charge in [-0.25, -0.2) is 8.42 Å². The lowest BCUT2D eigenvalue weighted by Crippen LogP contribution is -2.39. The molecule has 0 radical (unpaired) electrons. The van der Waals surface area contributed by atoms with E-state index in [4.69, 9.17) is 0 Å². The van der Waals surface area contributed by atoms with Gasteiger partial charge in [-0.3, -0.25) is 9.10 Å². The van der Waals surface area contributed by atoms with Crippen LogP contribution < -0.4 is 9.62 Å². The summed E-state index contributed by atoms with van der Waals surface area (Å²) in [5.41, 5.74) is 1.80. The first-order valence-electron chi connectivity index (χ1n) is 8.11. The SMILES string of the molecule is Cc1c(C(=O)N[C@@H]2C[C@H]3CC[C@H]2C3)cccc1N(C)S(C)(=O)=O. The van der Waals surface area contributed by atoms with E-state index in [9.17, 15) is 13.2 Å². The van der Waals surface area contributed by atoms with Crippen LogP contribution in [0.5, 0.6) is 0 Å². The molecule has 0 unspecified atom stereocenters. The van der Waals surface area contributed by atoms with Gasteiger partial charge in [-0.05, 0) is 55.7 Å². The zero-order chi connectivity index (χ0) is 16.8. The summed E-state index contributed by atoms with van der Waals surface area (Å²) in [7, 11) is -1.84. The second kappa shape index (κ2) is 5.82. The lowest BCUT2D eigenvalue weighted by atomic mass is 9.95. The van der Waals surface area contributed by atoms with Crippen LogP contribution in [0.4, 0.5) is 5.69 Å². The first-order valence-corrected chi connectivity index (χ1v) is 9.96. The summed E-state index contributed by atoms with van der Waals surface area (Å²) >= 11 is 0. The van der Waals surface area contributed by atoms with Gasteiger partial charge in [-0.1, -0.05) is 12.5 Å². The molecule has 3 atom stereocenters. The van der Waals surface area contributed by atoms with Crippen molar-refractivity contribution in [3.63, 3.8) is 0 Å². The third-order valence-corrected chi connectivity index (χ3v) is 6.63. The molecule has 2 aliphatic carbocycles. The van der Waals surface area contributed by atoms with E-state index in [1.807, 2.05) is 0 Å². The minimum Gasteiger partial charge on any atom is -0.349 e. The van der Waals surface area contributed by atoms with Gasteiger partial charge >= 0.3 is 0 Å². The number of amides is 1. The molecule has 0 aliphatic heterocycles. The number of sulfonamides is 1. The van der Waals surface area contributed by atoms with Gasteiger partial charge in [0.1, 0.15) is 0 Å². The summed E-state index contributed by atoms with van der Waals surface area (Å²) in [5.74, 6) is 1.30. The fourth-order valence-corrected chi connectivity index (χ4v) is 4.61. The molecule has 23 heavy (non-hydrogen) atoms. The van der Waals surface area contributed by atoms with Crippen LogP contribution in [0.3, 0.4) is 0 Å². The number of carbonyl (C=O) groups is 1. The van der Waals surface area contributed by atoms with Crippen LogP contribution in [-0.2, 0) is 10.0 Å². The summed E-state index contributed by atoms with van der Waals surface area (Å²) in [6.07, 6.45) is 5.99. The Bertz CT molecular complexity index is 729. The summed E-state index contributed by atoms with van der Waals surface area (Å²) < 4.78 is 24.7. The zero-order valence-electron chi connectivity index (χ0n) is 13.9. The van der Waals surface area contributed by atoms with E-state index in [-0.39, 0.29) is 11.9 Å². The van der Waals surface area contributed by atoms with Crippen LogP contribution in [-0.4, -0.2) is 33.7 Å². The Labute approximate surface area is 138 Å². The smallest absolute Gasteiger partial charge is 0.251 e. The van der Waals surface area contributed by atoms with Gasteiger partial charge in [-0.2, -0.15) is 0 Å². The number of nitrogens with one attached hydrogen (secondary N) is 1. The van der Waals surface area contributed by atoms with E-state index < -0.39 is 10.0 Å². The summed E-state index contributed by atoms with van der Waals surface area (Å²) in [5, 5.41) is 3.17. The maximum atomic E-state index is 12.6. The Kier molecular flexibility index (Phi) is 4.12. The fraction of sp³-hybridized carbons (Fsp3) is 0.588. The van der Waals surface area contributed by atoms with E-state index in [0.29, 0.717) is 22.7 Å². The quantitative estimate of drug-likeness (QED) is 0.917. The second-order valence-electron chi connectivity index (χ2n) is 6.94. The van der Waals surface area contributed by atoms with Gasteiger partial charge in [-0.15, -0.1) is 0 Å². The molecule has 2 aliphatic rings. The number of anilines is 1. The van der Waals surface area contributed by atoms with Crippen molar-refractivity contribution >= 4 is 21.6 Å². The maximum Gasteiger partial charge on any atom is 0.251 e. The molecule has 1 aromatic carbocycles. The Balaban J connectivity index is 1.81. The average Bonchev–Trinajstić information content (AvgIpc) is 3.08. The minimum absolute atomic E-state index is 0.0937. The van der Waals surface area contributed by atoms with E-state index in [1.165, 1.54) is 30.6 Å². The van der Waals surface area contributed by atoms with Crippen molar-refractivity contribution in [3.8, 4) is 0 Å². The molecular formula is C17H24N2O3S. The molecule has 1 amide bonds. The van der Waals surface area contributed by atoms with E-state index in [2.05, 4.69) is 5.32 Å². The highest BCUT2D eigenvalue weighted by Crippen LogP contribution is 2.44. The maximum absolute atomic E-state index is 12.6. The molecule has 5 nitrogen and oxygen atoms in total. The second-order valence-corrected chi connectivity index (χ2v) is 8.95. The molecule has 0 spiro atoms. The third-order valence-electron chi connectivity index (χ3n) is 5.44. The van der Waals surface area contributed by atoms with Crippen molar-refractivity contribution in [2.75, 3.05) is 17.6 Å². The van der Waals surface area contributed by atoms with Crippen LogP contribution in [0.1, 0.15) is 41.6 Å². The number of carbonyl (C=O) groups excluding carboxylic acids is 1. The highest BCUT2D eigenvalue weighted by Gasteiger charge is 2.40. The number of benzene rings is 1. The van der Waals surface area contributed by atoms with Gasteiger partial charge in [0.2, 0.25) is 10.0 Å². The van der Waals surface area contributed by atoms with Crippen molar-refractivity contribution in [3.05, 3.63) is 29.3 Å². The Morgan fingerprint density at radius 1 is 1.26 bits per heavy atom. The highest BCUT2D eigenvalue weighted by atomic mass is 32.2. The predicted molar refractivity (Wildman–Crippen MR) is 91.1 cm³/mol. The van der Waals surface area contributed by atoms with Crippen LogP contribution in [0.25, 0.3) is 0 Å². The summed E-state index contributed by atoms with van der Waals surface area (Å²) in [6, 6.07) is 5.50. The molecule has 0 aromatic heterocycles. The van der Waals surface area contributed by atoms with Crippen molar-refractivity contribution in [2.45, 2.75) is 38.6 Å². The molecule has 126 valence electrons. The number of fused-ring (bicyclic) bond motifs is 2. The van der Waals surface area contributed by atoms with Crippen molar-refractivity contribution in [1.82, 2.24) is 5.32 Å². The van der Waals surface area contributed by atoms with Crippen molar-refractivity contribution in [1.29, 1.82) is 0 Å². The predicted octanol–water partition coefficient (Wildman–Crippen LogP) is 2.31. The summed E-state index contributed by atoms with van der Waals surface area (Å²) in [4.78, 5) is 12.6. The van der Waals surface area contributed by atoms with Gasteiger partial charge < -0.3 is 5.32 Å². The minimum atomic E-state index is -3.35. The first kappa shape index (κ1) is 16.3. The Morgan fingerprint density at radius 3 is 2.57 bits per heavy atom. The normalized spacial score (nSPS) is 26.3. The van der Waals surface area contributed by atoms with Crippen LogP contribution in [0.2, 0.25) is 0 Å². The molecule has 3 rings (SSSR count). The van der Waals surface area contributed by atoms with Gasteiger partial charge in [0.05, 0.1) is 11.9 Å². The van der Waals surface area contributed by atoms with E-state index in [0.717, 1.165) is 18.6 Å². The summed E-state index contributed by atoms with van der Waals surface area (Å²) in [6.45, 7) is 1.80. The van der Waals surface area contributed by atoms with Gasteiger partial charge in [0, 0.05) is 18.7 Å². The lowest BCUT2D eigenvalue weighted by molar-refractivity contribution is 0.0922. The molecule has 1 aromatic rings. The largest absolute Gasteiger partial charge is 0.349 e.